The van der Waals surface area contributed by atoms with Crippen LogP contribution in [0.4, 0.5) is 5.00 Å². The first-order valence-corrected chi connectivity index (χ1v) is 8.58. The van der Waals surface area contributed by atoms with E-state index >= 15 is 0 Å². The number of nitrogens with zero attached hydrogens (tertiary/aromatic N) is 3. The lowest BCUT2D eigenvalue weighted by Gasteiger charge is -2.26. The Kier molecular flexibility index (Phi) is 5.06. The van der Waals surface area contributed by atoms with Crippen molar-refractivity contribution in [1.29, 1.82) is 5.26 Å². The highest BCUT2D eigenvalue weighted by atomic mass is 32.1. The number of hydrogen-bond donors (Lipinski definition) is 0. The normalized spacial score (nSPS) is 14.6. The molecule has 0 bridgehead atoms. The van der Waals surface area contributed by atoms with Gasteiger partial charge in [0.2, 0.25) is 0 Å². The predicted octanol–water partition coefficient (Wildman–Crippen LogP) is 3.87. The third kappa shape index (κ3) is 3.61. The Balaban J connectivity index is 1.77. The molecule has 0 saturated carbocycles. The molecule has 0 unspecified atom stereocenters. The summed E-state index contributed by atoms with van der Waals surface area (Å²) in [6, 6.07) is 12.8. The molecule has 0 atom stereocenters. The fraction of sp³-hybridized carbons (Fsp3) is 0.333. The summed E-state index contributed by atoms with van der Waals surface area (Å²) in [5.74, 6) is 0. The van der Waals surface area contributed by atoms with Crippen LogP contribution in [-0.2, 0) is 24.2 Å². The minimum atomic E-state index is 0.585. The van der Waals surface area contributed by atoms with Crippen molar-refractivity contribution in [3.05, 3.63) is 51.9 Å². The number of fused-ring (bicyclic) bond motifs is 1. The van der Waals surface area contributed by atoms with E-state index in [1.165, 1.54) is 22.4 Å². The average Bonchev–Trinajstić information content (AvgIpc) is 2.92. The zero-order valence-corrected chi connectivity index (χ0v) is 14.0. The fourth-order valence-corrected chi connectivity index (χ4v) is 3.96. The second kappa shape index (κ2) is 7.40. The van der Waals surface area contributed by atoms with Crippen molar-refractivity contribution in [1.82, 2.24) is 4.90 Å². The number of ether oxygens (including phenoxy) is 1. The van der Waals surface area contributed by atoms with Crippen LogP contribution in [0.15, 0.2) is 35.3 Å². The molecule has 0 N–H and O–H groups in total. The Morgan fingerprint density at radius 3 is 2.96 bits per heavy atom. The molecule has 5 heteroatoms. The van der Waals surface area contributed by atoms with Crippen LogP contribution < -0.4 is 0 Å². The molecule has 118 valence electrons. The van der Waals surface area contributed by atoms with Gasteiger partial charge in [-0.3, -0.25) is 4.90 Å². The molecule has 3 rings (SSSR count). The lowest BCUT2D eigenvalue weighted by molar-refractivity contribution is 0.249. The number of rotatable bonds is 5. The molecule has 23 heavy (non-hydrogen) atoms. The lowest BCUT2D eigenvalue weighted by Crippen LogP contribution is -2.29. The smallest absolute Gasteiger partial charge is 0.175 e. The summed E-state index contributed by atoms with van der Waals surface area (Å²) in [7, 11) is 0. The Hall–Kier alpha value is -2.16. The van der Waals surface area contributed by atoms with Gasteiger partial charge in [-0.25, -0.2) is 4.99 Å². The Morgan fingerprint density at radius 2 is 2.22 bits per heavy atom. The average molecular weight is 325 g/mol. The number of thiophene rings is 1. The lowest BCUT2D eigenvalue weighted by atomic mass is 10.0. The van der Waals surface area contributed by atoms with Gasteiger partial charge in [0.15, 0.2) is 6.40 Å². The topological polar surface area (TPSA) is 48.6 Å². The molecule has 0 fully saturated rings. The molecular formula is C18H19N3OS. The SMILES string of the molecule is CCOC=Nc1sc2c(c1C#N)CCN(Cc1ccccc1)C2. The van der Waals surface area contributed by atoms with Gasteiger partial charge in [-0.05, 0) is 24.5 Å². The van der Waals surface area contributed by atoms with Crippen molar-refractivity contribution < 1.29 is 4.74 Å². The van der Waals surface area contributed by atoms with Gasteiger partial charge in [0.1, 0.15) is 11.1 Å². The third-order valence-corrected chi connectivity index (χ3v) is 5.01. The van der Waals surface area contributed by atoms with E-state index in [4.69, 9.17) is 4.74 Å². The summed E-state index contributed by atoms with van der Waals surface area (Å²) in [6.45, 7) is 5.30. The Labute approximate surface area is 140 Å². The van der Waals surface area contributed by atoms with Crippen LogP contribution in [0.1, 0.15) is 28.5 Å². The number of nitriles is 1. The van der Waals surface area contributed by atoms with E-state index in [9.17, 15) is 5.26 Å². The van der Waals surface area contributed by atoms with Gasteiger partial charge in [-0.2, -0.15) is 5.26 Å². The molecule has 2 aromatic rings. The van der Waals surface area contributed by atoms with Crippen LogP contribution in [0.5, 0.6) is 0 Å². The van der Waals surface area contributed by atoms with Crippen molar-refractivity contribution in [3.8, 4) is 6.07 Å². The highest BCUT2D eigenvalue weighted by molar-refractivity contribution is 7.16. The van der Waals surface area contributed by atoms with E-state index in [1.807, 2.05) is 13.0 Å². The summed E-state index contributed by atoms with van der Waals surface area (Å²) < 4.78 is 5.16. The molecule has 0 radical (unpaired) electrons. The minimum Gasteiger partial charge on any atom is -0.483 e. The molecular weight excluding hydrogens is 306 g/mol. The van der Waals surface area contributed by atoms with Crippen LogP contribution in [-0.4, -0.2) is 24.5 Å². The Bertz CT molecular complexity index is 731. The Morgan fingerprint density at radius 1 is 1.39 bits per heavy atom. The van der Waals surface area contributed by atoms with Gasteiger partial charge in [-0.15, -0.1) is 11.3 Å². The van der Waals surface area contributed by atoms with Gasteiger partial charge in [-0.1, -0.05) is 30.3 Å². The quantitative estimate of drug-likeness (QED) is 0.619. The maximum absolute atomic E-state index is 9.45. The first-order valence-electron chi connectivity index (χ1n) is 7.77. The summed E-state index contributed by atoms with van der Waals surface area (Å²) in [5.41, 5.74) is 3.22. The van der Waals surface area contributed by atoms with Crippen molar-refractivity contribution in [2.45, 2.75) is 26.4 Å². The van der Waals surface area contributed by atoms with Crippen molar-refractivity contribution in [3.63, 3.8) is 0 Å². The fourth-order valence-electron chi connectivity index (χ4n) is 2.78. The molecule has 0 aliphatic carbocycles. The zero-order chi connectivity index (χ0) is 16.1. The molecule has 4 nitrogen and oxygen atoms in total. The molecule has 0 saturated heterocycles. The van der Waals surface area contributed by atoms with E-state index in [-0.39, 0.29) is 0 Å². The van der Waals surface area contributed by atoms with Crippen molar-refractivity contribution in [2.75, 3.05) is 13.2 Å². The molecule has 1 aromatic carbocycles. The first kappa shape index (κ1) is 15.7. The third-order valence-electron chi connectivity index (χ3n) is 3.89. The van der Waals surface area contributed by atoms with Crippen molar-refractivity contribution in [2.24, 2.45) is 4.99 Å². The second-order valence-corrected chi connectivity index (χ2v) is 6.52. The first-order chi connectivity index (χ1) is 11.3. The molecule has 0 amide bonds. The maximum Gasteiger partial charge on any atom is 0.175 e. The molecule has 0 spiro atoms. The summed E-state index contributed by atoms with van der Waals surface area (Å²) in [5, 5.41) is 10.2. The number of hydrogen-bond acceptors (Lipinski definition) is 5. The molecule has 1 aliphatic rings. The summed E-state index contributed by atoms with van der Waals surface area (Å²) in [4.78, 5) is 7.99. The largest absolute Gasteiger partial charge is 0.483 e. The second-order valence-electron chi connectivity index (χ2n) is 5.43. The van der Waals surface area contributed by atoms with Crippen LogP contribution in [0.25, 0.3) is 0 Å². The number of aliphatic imine (C=N–C) groups is 1. The zero-order valence-electron chi connectivity index (χ0n) is 13.2. The van der Waals surface area contributed by atoms with Gasteiger partial charge >= 0.3 is 0 Å². The maximum atomic E-state index is 9.45. The van der Waals surface area contributed by atoms with Crippen LogP contribution in [0, 0.1) is 11.3 Å². The highest BCUT2D eigenvalue weighted by Crippen LogP contribution is 2.38. The van der Waals surface area contributed by atoms with E-state index in [0.717, 1.165) is 36.6 Å². The van der Waals surface area contributed by atoms with Gasteiger partial charge in [0.25, 0.3) is 0 Å². The summed E-state index contributed by atoms with van der Waals surface area (Å²) >= 11 is 1.61. The van der Waals surface area contributed by atoms with Crippen LogP contribution in [0.3, 0.4) is 0 Å². The van der Waals surface area contributed by atoms with E-state index in [1.54, 1.807) is 11.3 Å². The summed E-state index contributed by atoms with van der Waals surface area (Å²) in [6.07, 6.45) is 2.35. The van der Waals surface area contributed by atoms with Gasteiger partial charge < -0.3 is 4.74 Å². The monoisotopic (exact) mass is 325 g/mol. The van der Waals surface area contributed by atoms with Gasteiger partial charge in [0, 0.05) is 24.5 Å². The number of benzene rings is 1. The van der Waals surface area contributed by atoms with E-state index in [0.29, 0.717) is 6.61 Å². The minimum absolute atomic E-state index is 0.585. The predicted molar refractivity (Wildman–Crippen MR) is 93.1 cm³/mol. The van der Waals surface area contributed by atoms with Crippen LogP contribution in [0.2, 0.25) is 0 Å². The van der Waals surface area contributed by atoms with E-state index < -0.39 is 0 Å². The standard InChI is InChI=1S/C18H19N3OS/c1-2-22-13-20-18-16(10-19)15-8-9-21(12-17(15)23-18)11-14-6-4-3-5-7-14/h3-7,13H,2,8-9,11-12H2,1H3. The highest BCUT2D eigenvalue weighted by Gasteiger charge is 2.24. The van der Waals surface area contributed by atoms with Crippen LogP contribution >= 0.6 is 11.3 Å². The molecule has 1 aliphatic heterocycles. The van der Waals surface area contributed by atoms with Gasteiger partial charge in [0.05, 0.1) is 12.2 Å². The van der Waals surface area contributed by atoms with Crippen molar-refractivity contribution >= 4 is 22.7 Å². The molecule has 1 aromatic heterocycles. The van der Waals surface area contributed by atoms with E-state index in [2.05, 4.69) is 40.2 Å². The molecule has 2 heterocycles.